The van der Waals surface area contributed by atoms with Crippen LogP contribution < -0.4 is 18.9 Å². The number of hydrogen-bond donors (Lipinski definition) is 0. The minimum atomic E-state index is -3.47. The van der Waals surface area contributed by atoms with Gasteiger partial charge in [-0.25, -0.2) is 26.4 Å². The Bertz CT molecular complexity index is 2660. The van der Waals surface area contributed by atoms with Crippen LogP contribution in [0, 0.1) is 13.8 Å². The molecule has 2 aromatic rings. The van der Waals surface area contributed by atoms with Crippen LogP contribution in [0.3, 0.4) is 0 Å². The van der Waals surface area contributed by atoms with Crippen molar-refractivity contribution in [3.05, 3.63) is 67.8 Å². The highest BCUT2D eigenvalue weighted by Gasteiger charge is 2.35. The molecule has 2 aliphatic rings. The maximum Gasteiger partial charge on any atom is 0.342 e. The third-order valence-electron chi connectivity index (χ3n) is 12.1. The standard InChI is InChI=1S/C25H42NO7PSSi.C25H41O5PSi.CH3ClO2S/c1-18(16-26(35(6,29)30)12-14-34(4,5)28)10-11-20-23(31-3)19(2)21-17-33-25(27)22(21)24(20)32-13-15-36(7,8)9;1-18(11-9-10-15-31(4,5)27)12-13-20-23(28-3)19(2)21-17-30-25(26)22(21)24(20)29-14-16-32(6,7)8;1-5(2,3)4/h10H,11-17H2,1-9H3;12H,9-11,13-17H2,1-8H3;1H3/b18-10+;18-12+;. The molecule has 0 aromatic heterocycles. The van der Waals surface area contributed by atoms with Gasteiger partial charge in [-0.15, -0.1) is 0 Å². The molecule has 0 bridgehead atoms. The highest BCUT2D eigenvalue weighted by molar-refractivity contribution is 8.13. The van der Waals surface area contributed by atoms with Gasteiger partial charge in [0.2, 0.25) is 19.1 Å². The van der Waals surface area contributed by atoms with Crippen LogP contribution in [0.5, 0.6) is 23.0 Å². The molecule has 22 heteroatoms. The number of cyclic esters (lactones) is 2. The van der Waals surface area contributed by atoms with Gasteiger partial charge in [0, 0.05) is 74.5 Å². The predicted octanol–water partition coefficient (Wildman–Crippen LogP) is 11.6. The predicted molar refractivity (Wildman–Crippen MR) is 306 cm³/mol. The average molecular weight is 1150 g/mol. The van der Waals surface area contributed by atoms with Crippen molar-refractivity contribution in [1.29, 1.82) is 0 Å². The molecule has 416 valence electrons. The summed E-state index contributed by atoms with van der Waals surface area (Å²) in [6, 6.07) is 1.95. The van der Waals surface area contributed by atoms with E-state index in [1.165, 1.54) is 16.1 Å². The van der Waals surface area contributed by atoms with Crippen molar-refractivity contribution in [3.63, 3.8) is 0 Å². The van der Waals surface area contributed by atoms with E-state index < -0.39 is 55.5 Å². The highest BCUT2D eigenvalue weighted by Crippen LogP contribution is 2.45. The van der Waals surface area contributed by atoms with Crippen LogP contribution in [-0.2, 0) is 63.7 Å². The number of sulfonamides is 1. The number of allylic oxidation sites excluding steroid dienone is 3. The Morgan fingerprint density at radius 3 is 1.40 bits per heavy atom. The lowest BCUT2D eigenvalue weighted by atomic mass is 9.94. The Morgan fingerprint density at radius 2 is 1.05 bits per heavy atom. The molecule has 0 aliphatic carbocycles. The van der Waals surface area contributed by atoms with Gasteiger partial charge in [0.05, 0.1) is 54.2 Å². The van der Waals surface area contributed by atoms with E-state index >= 15 is 0 Å². The SMILES string of the molecule is COc1c(C)c2c(c(OCC[Si](C)(C)C)c1C/C=C(\C)CCCCP(C)(C)=O)C(=O)OC2.COc1c(C)c2c(c(OCC[Si](C)(C)C)c1C/C=C(\C)CN(CCP(C)(C)=O)S(C)(=O)=O)C(=O)OC2.CS(=O)(=O)Cl. The highest BCUT2D eigenvalue weighted by atomic mass is 35.7. The fourth-order valence-electron chi connectivity index (χ4n) is 7.87. The summed E-state index contributed by atoms with van der Waals surface area (Å²) >= 11 is 0. The Labute approximate surface area is 445 Å². The van der Waals surface area contributed by atoms with Gasteiger partial charge in [-0.05, 0) is 110 Å². The first-order valence-corrected chi connectivity index (χ1v) is 42.1. The minimum Gasteiger partial charge on any atom is -0.496 e. The third-order valence-corrected chi connectivity index (χ3v) is 19.4. The van der Waals surface area contributed by atoms with Gasteiger partial charge in [-0.3, -0.25) is 0 Å². The maximum absolute atomic E-state index is 12.7. The molecule has 0 saturated carbocycles. The monoisotopic (exact) mass is 1150 g/mol. The van der Waals surface area contributed by atoms with E-state index in [-0.39, 0.29) is 32.3 Å². The number of carbonyl (C=O) groups is 2. The van der Waals surface area contributed by atoms with Crippen LogP contribution in [0.25, 0.3) is 0 Å². The number of hydrogen-bond acceptors (Lipinski definition) is 14. The van der Waals surface area contributed by atoms with Gasteiger partial charge in [0.25, 0.3) is 0 Å². The first-order valence-electron chi connectivity index (χ1n) is 24.6. The van der Waals surface area contributed by atoms with E-state index in [0.717, 1.165) is 88.5 Å². The summed E-state index contributed by atoms with van der Waals surface area (Å²) in [6.07, 6.45) is 11.4. The summed E-state index contributed by atoms with van der Waals surface area (Å²) < 4.78 is 104. The molecule has 2 aromatic carbocycles. The van der Waals surface area contributed by atoms with Crippen LogP contribution in [0.1, 0.15) is 87.2 Å². The molecule has 0 spiro atoms. The molecule has 4 rings (SSSR count). The minimum absolute atomic E-state index is 0.192. The summed E-state index contributed by atoms with van der Waals surface area (Å²) in [5.74, 6) is 1.86. The van der Waals surface area contributed by atoms with Crippen molar-refractivity contribution in [2.45, 2.75) is 124 Å². The summed E-state index contributed by atoms with van der Waals surface area (Å²) in [7, 11) is -5.83. The van der Waals surface area contributed by atoms with Gasteiger partial charge in [0.15, 0.2) is 0 Å². The van der Waals surface area contributed by atoms with Crippen molar-refractivity contribution < 1.29 is 64.0 Å². The molecule has 0 saturated heterocycles. The zero-order valence-corrected chi connectivity index (χ0v) is 53.2. The van der Waals surface area contributed by atoms with Crippen molar-refractivity contribution in [1.82, 2.24) is 4.31 Å². The normalized spacial score (nSPS) is 14.4. The first kappa shape index (κ1) is 66.2. The van der Waals surface area contributed by atoms with Crippen LogP contribution in [0.15, 0.2) is 23.3 Å². The molecule has 0 fully saturated rings. The molecule has 0 N–H and O–H groups in total. The van der Waals surface area contributed by atoms with Gasteiger partial charge in [-0.2, -0.15) is 4.31 Å². The number of carbonyl (C=O) groups excluding carboxylic acids is 2. The zero-order valence-electron chi connectivity index (χ0n) is 47.0. The summed E-state index contributed by atoms with van der Waals surface area (Å²) in [6.45, 7) is 30.6. The molecule has 2 aliphatic heterocycles. The van der Waals surface area contributed by atoms with Crippen molar-refractivity contribution in [2.24, 2.45) is 0 Å². The molecule has 15 nitrogen and oxygen atoms in total. The van der Waals surface area contributed by atoms with E-state index in [1.54, 1.807) is 27.5 Å². The van der Waals surface area contributed by atoms with Crippen molar-refractivity contribution in [2.75, 3.05) is 92.0 Å². The molecular weight excluding hydrogens is 1070 g/mol. The Kier molecular flexibility index (Phi) is 25.3. The first-order chi connectivity index (χ1) is 33.3. The molecule has 0 amide bonds. The molecule has 73 heavy (non-hydrogen) atoms. The molecule has 0 unspecified atom stereocenters. The smallest absolute Gasteiger partial charge is 0.342 e. The topological polar surface area (TPSA) is 195 Å². The second kappa shape index (κ2) is 27.9. The van der Waals surface area contributed by atoms with Gasteiger partial charge >= 0.3 is 11.9 Å². The quantitative estimate of drug-likeness (QED) is 0.0227. The third kappa shape index (κ3) is 23.5. The van der Waals surface area contributed by atoms with Crippen LogP contribution in [-0.4, -0.2) is 141 Å². The van der Waals surface area contributed by atoms with E-state index in [0.29, 0.717) is 60.6 Å². The fraction of sp³-hybridized carbons (Fsp3) is 0.647. The number of fused-ring (bicyclic) bond motifs is 2. The largest absolute Gasteiger partial charge is 0.496 e. The number of methoxy groups -OCH3 is 2. The molecule has 0 atom stereocenters. The molecule has 2 heterocycles. The number of ether oxygens (including phenoxy) is 6. The van der Waals surface area contributed by atoms with E-state index in [9.17, 15) is 35.6 Å². The van der Waals surface area contributed by atoms with Crippen molar-refractivity contribution in [3.8, 4) is 23.0 Å². The lowest BCUT2D eigenvalue weighted by Crippen LogP contribution is -2.34. The Hall–Kier alpha value is -2.90. The lowest BCUT2D eigenvalue weighted by molar-refractivity contribution is 0.0522. The maximum atomic E-state index is 12.7. The number of esters is 2. The van der Waals surface area contributed by atoms with Crippen LogP contribution >= 0.6 is 25.0 Å². The Morgan fingerprint density at radius 1 is 0.671 bits per heavy atom. The van der Waals surface area contributed by atoms with E-state index in [4.69, 9.17) is 28.4 Å². The number of rotatable bonds is 25. The summed E-state index contributed by atoms with van der Waals surface area (Å²) in [5.41, 5.74) is 8.28. The average Bonchev–Trinajstić information content (AvgIpc) is 3.81. The van der Waals surface area contributed by atoms with Crippen molar-refractivity contribution >= 4 is 72.1 Å². The Balaban J connectivity index is 0.000000460. The van der Waals surface area contributed by atoms with Gasteiger partial charge < -0.3 is 37.6 Å². The molecular formula is C51H86ClNO14P2S2Si2. The lowest BCUT2D eigenvalue weighted by Gasteiger charge is -2.23. The fourth-order valence-corrected chi connectivity index (χ4v) is 12.0. The van der Waals surface area contributed by atoms with Gasteiger partial charge in [-0.1, -0.05) is 62.6 Å². The van der Waals surface area contributed by atoms with E-state index in [1.807, 2.05) is 40.2 Å². The number of nitrogens with zero attached hydrogens (tertiary/aromatic N) is 1. The van der Waals surface area contributed by atoms with Crippen LogP contribution in [0.2, 0.25) is 51.4 Å². The second-order valence-corrected chi connectivity index (χ2v) is 45.9. The number of halogens is 1. The molecule has 0 radical (unpaired) electrons. The summed E-state index contributed by atoms with van der Waals surface area (Å²) in [5, 5.41) is 0. The second-order valence-electron chi connectivity index (χ2n) is 22.4. The van der Waals surface area contributed by atoms with E-state index in [2.05, 4.69) is 63.0 Å². The van der Waals surface area contributed by atoms with Crippen LogP contribution in [0.4, 0.5) is 0 Å². The van der Waals surface area contributed by atoms with Gasteiger partial charge in [0.1, 0.15) is 47.3 Å². The number of unbranched alkanes of at least 4 members (excludes halogenated alkanes) is 1. The number of benzene rings is 2. The zero-order chi connectivity index (χ0) is 56.1. The summed E-state index contributed by atoms with van der Waals surface area (Å²) in [4.78, 5) is 25.2.